The molecule has 0 unspecified atom stereocenters. The standard InChI is InChI=1S/C26H20ClN3O/c1-29-25(31)24-16-22(18-5-3-2-4-6-18)28-30(24)23-15-19(17-7-10-20(27)11-8-17)9-12-21(23)26(29)13-14-26/h2-12,15-16H,13-14H2,1H3. The lowest BCUT2D eigenvalue weighted by molar-refractivity contribution is 0.0704. The van der Waals surface area contributed by atoms with E-state index in [-0.39, 0.29) is 11.4 Å². The van der Waals surface area contributed by atoms with Crippen LogP contribution in [0.25, 0.3) is 28.1 Å². The first-order chi connectivity index (χ1) is 15.1. The van der Waals surface area contributed by atoms with Crippen molar-refractivity contribution in [1.29, 1.82) is 0 Å². The molecular formula is C26H20ClN3O. The van der Waals surface area contributed by atoms with E-state index in [1.807, 2.05) is 77.3 Å². The highest BCUT2D eigenvalue weighted by atomic mass is 35.5. The Kier molecular flexibility index (Phi) is 3.90. The second-order valence-corrected chi connectivity index (χ2v) is 8.76. The Labute approximate surface area is 185 Å². The van der Waals surface area contributed by atoms with Gasteiger partial charge >= 0.3 is 0 Å². The highest BCUT2D eigenvalue weighted by Crippen LogP contribution is 2.54. The molecule has 1 amide bonds. The highest BCUT2D eigenvalue weighted by molar-refractivity contribution is 6.30. The fraction of sp³-hybridized carbons (Fsp3) is 0.154. The van der Waals surface area contributed by atoms with Crippen molar-refractivity contribution >= 4 is 17.5 Å². The SMILES string of the molecule is CN1C(=O)c2cc(-c3ccccc3)nn2-c2cc(-c3ccc(Cl)cc3)ccc2C12CC2. The Bertz CT molecular complexity index is 1320. The fourth-order valence-electron chi connectivity index (χ4n) is 4.66. The van der Waals surface area contributed by atoms with Crippen molar-refractivity contribution in [3.8, 4) is 28.1 Å². The first-order valence-corrected chi connectivity index (χ1v) is 10.8. The Morgan fingerprint density at radius 3 is 2.29 bits per heavy atom. The molecule has 6 rings (SSSR count). The topological polar surface area (TPSA) is 38.1 Å². The maximum atomic E-state index is 13.4. The number of halogens is 1. The number of carbonyl (C=O) groups excluding carboxylic acids is 1. The summed E-state index contributed by atoms with van der Waals surface area (Å²) in [5, 5.41) is 5.61. The predicted octanol–water partition coefficient (Wildman–Crippen LogP) is 5.93. The minimum absolute atomic E-state index is 0.0106. The van der Waals surface area contributed by atoms with Gasteiger partial charge in [0.25, 0.3) is 5.91 Å². The molecule has 152 valence electrons. The number of aromatic nitrogens is 2. The molecule has 1 aliphatic carbocycles. The van der Waals surface area contributed by atoms with Gasteiger partial charge in [-0.1, -0.05) is 66.2 Å². The van der Waals surface area contributed by atoms with Gasteiger partial charge in [0, 0.05) is 23.2 Å². The van der Waals surface area contributed by atoms with Crippen LogP contribution in [0.4, 0.5) is 0 Å². The minimum Gasteiger partial charge on any atom is -0.331 e. The Balaban J connectivity index is 1.59. The molecule has 0 N–H and O–H groups in total. The number of hydrogen-bond acceptors (Lipinski definition) is 2. The van der Waals surface area contributed by atoms with Crippen LogP contribution in [0, 0.1) is 0 Å². The van der Waals surface area contributed by atoms with Crippen LogP contribution in [0.15, 0.2) is 78.9 Å². The molecule has 2 heterocycles. The van der Waals surface area contributed by atoms with E-state index < -0.39 is 0 Å². The summed E-state index contributed by atoms with van der Waals surface area (Å²) in [6.07, 6.45) is 1.94. The largest absolute Gasteiger partial charge is 0.331 e. The molecule has 4 nitrogen and oxygen atoms in total. The second kappa shape index (κ2) is 6.56. The summed E-state index contributed by atoms with van der Waals surface area (Å²) in [7, 11) is 1.91. The summed E-state index contributed by atoms with van der Waals surface area (Å²) >= 11 is 6.08. The Hall–Kier alpha value is -3.37. The van der Waals surface area contributed by atoms with Crippen molar-refractivity contribution in [2.24, 2.45) is 0 Å². The Morgan fingerprint density at radius 1 is 0.871 bits per heavy atom. The molecule has 1 aliphatic heterocycles. The molecule has 2 aliphatic rings. The van der Waals surface area contributed by atoms with Gasteiger partial charge in [0.15, 0.2) is 0 Å². The van der Waals surface area contributed by atoms with E-state index in [2.05, 4.69) is 18.2 Å². The van der Waals surface area contributed by atoms with Crippen molar-refractivity contribution in [2.45, 2.75) is 18.4 Å². The summed E-state index contributed by atoms with van der Waals surface area (Å²) in [5.74, 6) is 0.0106. The zero-order valence-corrected chi connectivity index (χ0v) is 17.8. The smallest absolute Gasteiger partial charge is 0.273 e. The Morgan fingerprint density at radius 2 is 1.58 bits per heavy atom. The van der Waals surface area contributed by atoms with E-state index >= 15 is 0 Å². The fourth-order valence-corrected chi connectivity index (χ4v) is 4.79. The summed E-state index contributed by atoms with van der Waals surface area (Å²) in [4.78, 5) is 15.4. The van der Waals surface area contributed by atoms with Crippen molar-refractivity contribution in [1.82, 2.24) is 14.7 Å². The first kappa shape index (κ1) is 18.4. The number of benzene rings is 3. The first-order valence-electron chi connectivity index (χ1n) is 10.4. The van der Waals surface area contributed by atoms with Gasteiger partial charge in [0.05, 0.1) is 16.9 Å². The lowest BCUT2D eigenvalue weighted by Crippen LogP contribution is -2.36. The number of rotatable bonds is 2. The highest BCUT2D eigenvalue weighted by Gasteiger charge is 2.53. The number of nitrogens with zero attached hydrogens (tertiary/aromatic N) is 3. The summed E-state index contributed by atoms with van der Waals surface area (Å²) in [6.45, 7) is 0. The van der Waals surface area contributed by atoms with Crippen LogP contribution < -0.4 is 0 Å². The summed E-state index contributed by atoms with van der Waals surface area (Å²) in [6, 6.07) is 26.2. The monoisotopic (exact) mass is 425 g/mol. The van der Waals surface area contributed by atoms with Crippen molar-refractivity contribution in [2.75, 3.05) is 7.05 Å². The number of hydrogen-bond donors (Lipinski definition) is 0. The molecule has 1 fully saturated rings. The average Bonchev–Trinajstić information content (AvgIpc) is 3.50. The van der Waals surface area contributed by atoms with Crippen LogP contribution in [-0.4, -0.2) is 27.6 Å². The summed E-state index contributed by atoms with van der Waals surface area (Å²) in [5.41, 5.74) is 6.44. The van der Waals surface area contributed by atoms with Gasteiger partial charge in [-0.2, -0.15) is 5.10 Å². The van der Waals surface area contributed by atoms with Crippen LogP contribution in [-0.2, 0) is 5.54 Å². The van der Waals surface area contributed by atoms with E-state index in [9.17, 15) is 4.79 Å². The minimum atomic E-state index is -0.238. The number of fused-ring (bicyclic) bond motifs is 4. The van der Waals surface area contributed by atoms with E-state index in [4.69, 9.17) is 16.7 Å². The normalized spacial score (nSPS) is 16.1. The molecule has 0 bridgehead atoms. The van der Waals surface area contributed by atoms with Crippen molar-refractivity contribution in [3.05, 3.63) is 95.1 Å². The van der Waals surface area contributed by atoms with Crippen LogP contribution in [0.3, 0.4) is 0 Å². The zero-order chi connectivity index (χ0) is 21.2. The molecule has 1 saturated carbocycles. The lowest BCUT2D eigenvalue weighted by Gasteiger charge is -2.27. The van der Waals surface area contributed by atoms with Crippen LogP contribution in [0.1, 0.15) is 28.9 Å². The third-order valence-electron chi connectivity index (χ3n) is 6.57. The number of amides is 1. The molecule has 4 aromatic rings. The molecule has 31 heavy (non-hydrogen) atoms. The van der Waals surface area contributed by atoms with E-state index in [0.29, 0.717) is 10.7 Å². The van der Waals surface area contributed by atoms with Crippen LogP contribution in [0.5, 0.6) is 0 Å². The second-order valence-electron chi connectivity index (χ2n) is 8.33. The molecule has 0 radical (unpaired) electrons. The van der Waals surface area contributed by atoms with Crippen LogP contribution >= 0.6 is 11.6 Å². The average molecular weight is 426 g/mol. The summed E-state index contributed by atoms with van der Waals surface area (Å²) < 4.78 is 1.84. The van der Waals surface area contributed by atoms with Gasteiger partial charge in [-0.15, -0.1) is 0 Å². The molecule has 1 spiro atoms. The molecule has 0 saturated heterocycles. The zero-order valence-electron chi connectivity index (χ0n) is 17.0. The van der Waals surface area contributed by atoms with Crippen LogP contribution in [0.2, 0.25) is 5.02 Å². The van der Waals surface area contributed by atoms with Crippen molar-refractivity contribution in [3.63, 3.8) is 0 Å². The quantitative estimate of drug-likeness (QED) is 0.399. The predicted molar refractivity (Wildman–Crippen MR) is 122 cm³/mol. The van der Waals surface area contributed by atoms with E-state index in [0.717, 1.165) is 46.5 Å². The van der Waals surface area contributed by atoms with E-state index in [1.165, 1.54) is 0 Å². The van der Waals surface area contributed by atoms with Gasteiger partial charge < -0.3 is 4.90 Å². The number of carbonyl (C=O) groups is 1. The van der Waals surface area contributed by atoms with Gasteiger partial charge in [-0.3, -0.25) is 4.79 Å². The van der Waals surface area contributed by atoms with Gasteiger partial charge in [-0.05, 0) is 48.2 Å². The molecular weight excluding hydrogens is 406 g/mol. The molecule has 0 atom stereocenters. The van der Waals surface area contributed by atoms with Gasteiger partial charge in [-0.25, -0.2) is 4.68 Å². The van der Waals surface area contributed by atoms with Gasteiger partial charge in [0.2, 0.25) is 0 Å². The third-order valence-corrected chi connectivity index (χ3v) is 6.83. The lowest BCUT2D eigenvalue weighted by atomic mass is 9.96. The maximum Gasteiger partial charge on any atom is 0.273 e. The molecule has 1 aromatic heterocycles. The van der Waals surface area contributed by atoms with Gasteiger partial charge in [0.1, 0.15) is 5.69 Å². The van der Waals surface area contributed by atoms with Crippen molar-refractivity contribution < 1.29 is 4.79 Å². The maximum absolute atomic E-state index is 13.4. The third kappa shape index (κ3) is 2.75. The molecule has 5 heteroatoms. The molecule has 3 aromatic carbocycles. The van der Waals surface area contributed by atoms with E-state index in [1.54, 1.807) is 0 Å².